The van der Waals surface area contributed by atoms with Crippen molar-refractivity contribution < 1.29 is 9.32 Å². The number of amides is 2. The molecule has 1 aliphatic carbocycles. The van der Waals surface area contributed by atoms with E-state index in [1.165, 1.54) is 5.56 Å². The van der Waals surface area contributed by atoms with E-state index in [0.717, 1.165) is 34.9 Å². The smallest absolute Gasteiger partial charge is 0.314 e. The van der Waals surface area contributed by atoms with E-state index in [2.05, 4.69) is 21.9 Å². The Hall–Kier alpha value is -2.01. The molecule has 2 N–H and O–H groups in total. The minimum Gasteiger partial charge on any atom is -0.361 e. The van der Waals surface area contributed by atoms with Gasteiger partial charge in [-0.3, -0.25) is 0 Å². The third-order valence-corrected chi connectivity index (χ3v) is 4.95. The number of aryl methyl sites for hydroxylation is 2. The molecule has 1 fully saturated rings. The zero-order valence-corrected chi connectivity index (χ0v) is 14.7. The second-order valence-corrected chi connectivity index (χ2v) is 6.89. The molecule has 0 aliphatic heterocycles. The van der Waals surface area contributed by atoms with Gasteiger partial charge in [-0.2, -0.15) is 0 Å². The number of carbonyl (C=O) groups excluding carboxylic acids is 1. The summed E-state index contributed by atoms with van der Waals surface area (Å²) in [6, 6.07) is 7.76. The molecule has 0 saturated heterocycles. The Morgan fingerprint density at radius 3 is 2.75 bits per heavy atom. The first-order valence-corrected chi connectivity index (χ1v) is 8.57. The maximum atomic E-state index is 12.0. The van der Waals surface area contributed by atoms with Crippen molar-refractivity contribution >= 4 is 17.6 Å². The van der Waals surface area contributed by atoms with Crippen LogP contribution in [0.3, 0.4) is 0 Å². The molecule has 2 aromatic rings. The third kappa shape index (κ3) is 3.73. The molecule has 0 radical (unpaired) electrons. The maximum absolute atomic E-state index is 12.0. The van der Waals surface area contributed by atoms with E-state index < -0.39 is 0 Å². The minimum absolute atomic E-state index is 0.0455. The first-order chi connectivity index (χ1) is 11.5. The predicted molar refractivity (Wildman–Crippen MR) is 93.4 cm³/mol. The molecule has 3 rings (SSSR count). The van der Waals surface area contributed by atoms with Crippen molar-refractivity contribution in [2.75, 3.05) is 13.1 Å². The lowest BCUT2D eigenvalue weighted by Crippen LogP contribution is -2.40. The zero-order chi connectivity index (χ0) is 17.2. The van der Waals surface area contributed by atoms with Gasteiger partial charge in [0.1, 0.15) is 5.76 Å². The summed E-state index contributed by atoms with van der Waals surface area (Å²) in [4.78, 5) is 12.0. The van der Waals surface area contributed by atoms with Crippen LogP contribution < -0.4 is 10.6 Å². The van der Waals surface area contributed by atoms with Crippen molar-refractivity contribution in [2.45, 2.75) is 38.5 Å². The van der Waals surface area contributed by atoms with Crippen LogP contribution in [0, 0.1) is 13.8 Å². The number of nitrogens with zero attached hydrogens (tertiary/aromatic N) is 1. The molecule has 2 amide bonds. The van der Waals surface area contributed by atoms with Crippen LogP contribution in [-0.2, 0) is 11.8 Å². The van der Waals surface area contributed by atoms with Crippen LogP contribution in [-0.4, -0.2) is 24.3 Å². The summed E-state index contributed by atoms with van der Waals surface area (Å²) in [6.45, 7) is 4.98. The topological polar surface area (TPSA) is 67.2 Å². The number of urea groups is 1. The summed E-state index contributed by atoms with van der Waals surface area (Å²) in [6.07, 6.45) is 2.87. The van der Waals surface area contributed by atoms with Crippen molar-refractivity contribution in [2.24, 2.45) is 0 Å². The number of aromatic nitrogens is 1. The van der Waals surface area contributed by atoms with Gasteiger partial charge in [0, 0.05) is 29.1 Å². The van der Waals surface area contributed by atoms with Crippen LogP contribution in [0.2, 0.25) is 5.02 Å². The highest BCUT2D eigenvalue weighted by Crippen LogP contribution is 2.48. The quantitative estimate of drug-likeness (QED) is 0.840. The molecule has 0 unspecified atom stereocenters. The van der Waals surface area contributed by atoms with Gasteiger partial charge in [-0.05, 0) is 50.8 Å². The van der Waals surface area contributed by atoms with E-state index in [1.54, 1.807) is 0 Å². The van der Waals surface area contributed by atoms with E-state index in [-0.39, 0.29) is 11.4 Å². The second kappa shape index (κ2) is 6.85. The molecule has 1 aliphatic rings. The second-order valence-electron chi connectivity index (χ2n) is 6.45. The Morgan fingerprint density at radius 2 is 2.12 bits per heavy atom. The number of benzene rings is 1. The Bertz CT molecular complexity index is 718. The van der Waals surface area contributed by atoms with Crippen molar-refractivity contribution in [1.29, 1.82) is 0 Å². The molecule has 1 aromatic heterocycles. The van der Waals surface area contributed by atoms with Crippen molar-refractivity contribution in [3.63, 3.8) is 0 Å². The first-order valence-electron chi connectivity index (χ1n) is 8.20. The average Bonchev–Trinajstić information content (AvgIpc) is 3.29. The molecule has 6 heteroatoms. The highest BCUT2D eigenvalue weighted by Gasteiger charge is 2.44. The van der Waals surface area contributed by atoms with Gasteiger partial charge in [-0.15, -0.1) is 0 Å². The molecule has 0 atom stereocenters. The molecule has 0 spiro atoms. The Morgan fingerprint density at radius 1 is 1.33 bits per heavy atom. The van der Waals surface area contributed by atoms with Crippen LogP contribution in [0.15, 0.2) is 28.8 Å². The largest absolute Gasteiger partial charge is 0.361 e. The van der Waals surface area contributed by atoms with E-state index in [1.807, 2.05) is 32.0 Å². The lowest BCUT2D eigenvalue weighted by Gasteiger charge is -2.17. The van der Waals surface area contributed by atoms with Crippen LogP contribution in [0.5, 0.6) is 0 Å². The van der Waals surface area contributed by atoms with Crippen molar-refractivity contribution in [3.8, 4) is 0 Å². The number of halogens is 1. The SMILES string of the molecule is Cc1noc(C)c1CCNC(=O)NCC1(c2cccc(Cl)c2)CC1. The fraction of sp³-hybridized carbons (Fsp3) is 0.444. The van der Waals surface area contributed by atoms with Gasteiger partial charge < -0.3 is 15.2 Å². The Balaban J connectivity index is 1.46. The average molecular weight is 348 g/mol. The molecule has 1 aromatic carbocycles. The molecular formula is C18H22ClN3O2. The predicted octanol–water partition coefficient (Wildman–Crippen LogP) is 3.52. The number of hydrogen-bond acceptors (Lipinski definition) is 3. The van der Waals surface area contributed by atoms with Crippen molar-refractivity contribution in [3.05, 3.63) is 51.9 Å². The molecule has 128 valence electrons. The van der Waals surface area contributed by atoms with Gasteiger partial charge in [-0.1, -0.05) is 28.9 Å². The number of carbonyl (C=O) groups is 1. The van der Waals surface area contributed by atoms with Gasteiger partial charge >= 0.3 is 6.03 Å². The molecule has 5 nitrogen and oxygen atoms in total. The molecule has 24 heavy (non-hydrogen) atoms. The first kappa shape index (κ1) is 16.8. The van der Waals surface area contributed by atoms with Crippen LogP contribution >= 0.6 is 11.6 Å². The number of nitrogens with one attached hydrogen (secondary N) is 2. The highest BCUT2D eigenvalue weighted by atomic mass is 35.5. The Labute approximate surface area is 146 Å². The lowest BCUT2D eigenvalue weighted by molar-refractivity contribution is 0.240. The van der Waals surface area contributed by atoms with Crippen molar-refractivity contribution in [1.82, 2.24) is 15.8 Å². The van der Waals surface area contributed by atoms with E-state index in [9.17, 15) is 4.79 Å². The summed E-state index contributed by atoms with van der Waals surface area (Å²) in [5.41, 5.74) is 3.19. The zero-order valence-electron chi connectivity index (χ0n) is 14.0. The van der Waals surface area contributed by atoms with Gasteiger partial charge in [0.15, 0.2) is 0 Å². The summed E-state index contributed by atoms with van der Waals surface area (Å²) in [7, 11) is 0. The van der Waals surface area contributed by atoms with E-state index >= 15 is 0 Å². The molecular weight excluding hydrogens is 326 g/mol. The van der Waals surface area contributed by atoms with Crippen LogP contribution in [0.4, 0.5) is 4.79 Å². The van der Waals surface area contributed by atoms with Gasteiger partial charge in [0.05, 0.1) is 5.69 Å². The summed E-state index contributed by atoms with van der Waals surface area (Å²) < 4.78 is 5.12. The van der Waals surface area contributed by atoms with E-state index in [4.69, 9.17) is 16.1 Å². The number of rotatable bonds is 6. The normalized spacial score (nSPS) is 15.1. The van der Waals surface area contributed by atoms with Gasteiger partial charge in [0.25, 0.3) is 0 Å². The fourth-order valence-corrected chi connectivity index (χ4v) is 3.20. The van der Waals surface area contributed by atoms with Gasteiger partial charge in [-0.25, -0.2) is 4.79 Å². The van der Waals surface area contributed by atoms with Crippen LogP contribution in [0.25, 0.3) is 0 Å². The van der Waals surface area contributed by atoms with E-state index in [0.29, 0.717) is 19.5 Å². The summed E-state index contributed by atoms with van der Waals surface area (Å²) in [5.74, 6) is 0.813. The minimum atomic E-state index is -0.143. The lowest BCUT2D eigenvalue weighted by atomic mass is 9.96. The maximum Gasteiger partial charge on any atom is 0.314 e. The van der Waals surface area contributed by atoms with Crippen LogP contribution in [0.1, 0.15) is 35.4 Å². The Kier molecular flexibility index (Phi) is 4.81. The third-order valence-electron chi connectivity index (χ3n) is 4.72. The molecule has 1 heterocycles. The molecule has 1 saturated carbocycles. The fourth-order valence-electron chi connectivity index (χ4n) is 3.01. The monoisotopic (exact) mass is 347 g/mol. The number of hydrogen-bond donors (Lipinski definition) is 2. The standard InChI is InChI=1S/C18H22ClN3O2/c1-12-16(13(2)24-22-12)6-9-20-17(23)21-11-18(7-8-18)14-4-3-5-15(19)10-14/h3-5,10H,6-9,11H2,1-2H3,(H2,20,21,23). The summed E-state index contributed by atoms with van der Waals surface area (Å²) in [5, 5.41) is 10.5. The van der Waals surface area contributed by atoms with Gasteiger partial charge in [0.2, 0.25) is 0 Å². The summed E-state index contributed by atoms with van der Waals surface area (Å²) >= 11 is 6.07. The highest BCUT2D eigenvalue weighted by molar-refractivity contribution is 6.30. The molecule has 0 bridgehead atoms.